The third kappa shape index (κ3) is 4.41. The van der Waals surface area contributed by atoms with Crippen LogP contribution in [0, 0.1) is 5.92 Å². The van der Waals surface area contributed by atoms with E-state index < -0.39 is 10.0 Å². The van der Waals surface area contributed by atoms with Gasteiger partial charge in [0.2, 0.25) is 15.9 Å². The van der Waals surface area contributed by atoms with Gasteiger partial charge in [-0.25, -0.2) is 12.7 Å². The Kier molecular flexibility index (Phi) is 5.44. The zero-order chi connectivity index (χ0) is 17.9. The molecule has 1 aromatic carbocycles. The van der Waals surface area contributed by atoms with Gasteiger partial charge in [-0.1, -0.05) is 18.2 Å². The highest BCUT2D eigenvalue weighted by atomic mass is 32.2. The van der Waals surface area contributed by atoms with Crippen molar-refractivity contribution in [3.05, 3.63) is 36.5 Å². The molecule has 0 unspecified atom stereocenters. The molecular weight excluding hydrogens is 338 g/mol. The first-order chi connectivity index (χ1) is 11.9. The molecule has 1 N–H and O–H groups in total. The van der Waals surface area contributed by atoms with E-state index in [0.29, 0.717) is 32.5 Å². The van der Waals surface area contributed by atoms with E-state index in [2.05, 4.69) is 34.3 Å². The number of fused-ring (bicyclic) bond motifs is 1. The monoisotopic (exact) mass is 363 g/mol. The molecule has 0 bridgehead atoms. The molecule has 6 nitrogen and oxygen atoms in total. The normalized spacial score (nSPS) is 17.0. The van der Waals surface area contributed by atoms with Gasteiger partial charge in [-0.15, -0.1) is 0 Å². The number of hydrogen-bond donors (Lipinski definition) is 1. The van der Waals surface area contributed by atoms with E-state index in [9.17, 15) is 13.2 Å². The first-order valence-corrected chi connectivity index (χ1v) is 10.6. The fourth-order valence-corrected chi connectivity index (χ4v) is 4.26. The SMILES string of the molecule is CS(=O)(=O)N1CCC(C(=O)NCCCn2ccc3ccccc32)CC1. The fraction of sp³-hybridized carbons (Fsp3) is 0.500. The lowest BCUT2D eigenvalue weighted by Gasteiger charge is -2.29. The maximum absolute atomic E-state index is 12.2. The van der Waals surface area contributed by atoms with Gasteiger partial charge in [0.25, 0.3) is 0 Å². The predicted molar refractivity (Wildman–Crippen MR) is 98.7 cm³/mol. The highest BCUT2D eigenvalue weighted by Gasteiger charge is 2.28. The van der Waals surface area contributed by atoms with Crippen LogP contribution in [-0.2, 0) is 21.4 Å². The molecule has 1 aromatic heterocycles. The molecule has 2 heterocycles. The summed E-state index contributed by atoms with van der Waals surface area (Å²) in [5.41, 5.74) is 1.21. The number of nitrogens with one attached hydrogen (secondary N) is 1. The molecule has 1 aliphatic heterocycles. The van der Waals surface area contributed by atoms with Gasteiger partial charge < -0.3 is 9.88 Å². The van der Waals surface area contributed by atoms with Crippen molar-refractivity contribution in [1.82, 2.24) is 14.2 Å². The summed E-state index contributed by atoms with van der Waals surface area (Å²) < 4.78 is 26.7. The Bertz CT molecular complexity index is 836. The Balaban J connectivity index is 1.41. The Morgan fingerprint density at radius 3 is 2.64 bits per heavy atom. The van der Waals surface area contributed by atoms with Crippen molar-refractivity contribution < 1.29 is 13.2 Å². The molecule has 3 rings (SSSR count). The van der Waals surface area contributed by atoms with Crippen molar-refractivity contribution in [3.8, 4) is 0 Å². The molecule has 136 valence electrons. The average Bonchev–Trinajstić information content (AvgIpc) is 3.01. The maximum Gasteiger partial charge on any atom is 0.223 e. The van der Waals surface area contributed by atoms with E-state index in [4.69, 9.17) is 0 Å². The van der Waals surface area contributed by atoms with E-state index in [1.165, 1.54) is 21.5 Å². The number of aromatic nitrogens is 1. The predicted octanol–water partition coefficient (Wildman–Crippen LogP) is 1.82. The van der Waals surface area contributed by atoms with Gasteiger partial charge in [0.1, 0.15) is 0 Å². The summed E-state index contributed by atoms with van der Waals surface area (Å²) in [7, 11) is -3.14. The van der Waals surface area contributed by atoms with Crippen molar-refractivity contribution in [3.63, 3.8) is 0 Å². The Hall–Kier alpha value is -1.86. The number of amides is 1. The largest absolute Gasteiger partial charge is 0.356 e. The average molecular weight is 363 g/mol. The molecular formula is C18H25N3O3S. The van der Waals surface area contributed by atoms with Gasteiger partial charge in [0.05, 0.1) is 6.26 Å². The summed E-state index contributed by atoms with van der Waals surface area (Å²) in [6, 6.07) is 10.4. The molecule has 1 aliphatic rings. The van der Waals surface area contributed by atoms with Crippen LogP contribution in [0.2, 0.25) is 0 Å². The maximum atomic E-state index is 12.2. The smallest absolute Gasteiger partial charge is 0.223 e. The van der Waals surface area contributed by atoms with E-state index in [-0.39, 0.29) is 11.8 Å². The molecule has 1 fully saturated rings. The first-order valence-electron chi connectivity index (χ1n) is 8.72. The highest BCUT2D eigenvalue weighted by Crippen LogP contribution is 2.19. The number of benzene rings is 1. The van der Waals surface area contributed by atoms with Gasteiger partial charge in [-0.3, -0.25) is 4.79 Å². The van der Waals surface area contributed by atoms with Gasteiger partial charge in [-0.2, -0.15) is 0 Å². The van der Waals surface area contributed by atoms with Gasteiger partial charge in [0, 0.05) is 43.8 Å². The zero-order valence-corrected chi connectivity index (χ0v) is 15.3. The number of rotatable bonds is 6. The summed E-state index contributed by atoms with van der Waals surface area (Å²) in [5.74, 6) is -0.0316. The molecule has 25 heavy (non-hydrogen) atoms. The minimum Gasteiger partial charge on any atom is -0.356 e. The lowest BCUT2D eigenvalue weighted by atomic mass is 9.97. The van der Waals surface area contributed by atoms with E-state index in [1.54, 1.807) is 0 Å². The van der Waals surface area contributed by atoms with Crippen LogP contribution < -0.4 is 5.32 Å². The highest BCUT2D eigenvalue weighted by molar-refractivity contribution is 7.88. The summed E-state index contributed by atoms with van der Waals surface area (Å²) in [5, 5.41) is 4.22. The lowest BCUT2D eigenvalue weighted by Crippen LogP contribution is -2.42. The second-order valence-electron chi connectivity index (χ2n) is 6.65. The molecule has 2 aromatic rings. The topological polar surface area (TPSA) is 71.4 Å². The number of piperidine rings is 1. The molecule has 0 atom stereocenters. The molecule has 1 amide bonds. The quantitative estimate of drug-likeness (QED) is 0.796. The van der Waals surface area contributed by atoms with Crippen LogP contribution in [0.1, 0.15) is 19.3 Å². The zero-order valence-electron chi connectivity index (χ0n) is 14.5. The fourth-order valence-electron chi connectivity index (χ4n) is 3.39. The van der Waals surface area contributed by atoms with E-state index in [1.807, 2.05) is 12.1 Å². The van der Waals surface area contributed by atoms with E-state index >= 15 is 0 Å². The molecule has 0 aliphatic carbocycles. The first kappa shape index (κ1) is 17.9. The second kappa shape index (κ2) is 7.58. The van der Waals surface area contributed by atoms with Crippen molar-refractivity contribution in [2.24, 2.45) is 5.92 Å². The van der Waals surface area contributed by atoms with Crippen molar-refractivity contribution in [2.75, 3.05) is 25.9 Å². The lowest BCUT2D eigenvalue weighted by molar-refractivity contribution is -0.126. The number of aryl methyl sites for hydroxylation is 1. The summed E-state index contributed by atoms with van der Waals surface area (Å²) in [6.07, 6.45) is 5.36. The van der Waals surface area contributed by atoms with Gasteiger partial charge in [-0.05, 0) is 36.8 Å². The molecule has 0 saturated carbocycles. The molecule has 1 saturated heterocycles. The molecule has 7 heteroatoms. The number of carbonyl (C=O) groups excluding carboxylic acids is 1. The van der Waals surface area contributed by atoms with Gasteiger partial charge in [0.15, 0.2) is 0 Å². The van der Waals surface area contributed by atoms with Crippen LogP contribution >= 0.6 is 0 Å². The summed E-state index contributed by atoms with van der Waals surface area (Å²) in [4.78, 5) is 12.2. The minimum atomic E-state index is -3.14. The summed E-state index contributed by atoms with van der Waals surface area (Å²) >= 11 is 0. The van der Waals surface area contributed by atoms with Crippen molar-refractivity contribution in [1.29, 1.82) is 0 Å². The Morgan fingerprint density at radius 2 is 1.92 bits per heavy atom. The number of nitrogens with zero attached hydrogens (tertiary/aromatic N) is 2. The van der Waals surface area contributed by atoms with Gasteiger partial charge >= 0.3 is 0 Å². The Labute approximate surface area is 148 Å². The minimum absolute atomic E-state index is 0.0468. The van der Waals surface area contributed by atoms with Crippen LogP contribution in [0.3, 0.4) is 0 Å². The van der Waals surface area contributed by atoms with Crippen LogP contribution in [-0.4, -0.2) is 49.1 Å². The number of sulfonamides is 1. The summed E-state index contributed by atoms with van der Waals surface area (Å²) in [6.45, 7) is 2.37. The van der Waals surface area contributed by atoms with Crippen LogP contribution in [0.4, 0.5) is 0 Å². The molecule has 0 radical (unpaired) electrons. The van der Waals surface area contributed by atoms with Crippen molar-refractivity contribution >= 4 is 26.8 Å². The van der Waals surface area contributed by atoms with Crippen LogP contribution in [0.25, 0.3) is 10.9 Å². The number of hydrogen-bond acceptors (Lipinski definition) is 3. The third-order valence-corrected chi connectivity index (χ3v) is 6.15. The van der Waals surface area contributed by atoms with Crippen LogP contribution in [0.5, 0.6) is 0 Å². The van der Waals surface area contributed by atoms with Crippen LogP contribution in [0.15, 0.2) is 36.5 Å². The van der Waals surface area contributed by atoms with Crippen molar-refractivity contribution in [2.45, 2.75) is 25.8 Å². The second-order valence-corrected chi connectivity index (χ2v) is 8.63. The molecule has 0 spiro atoms. The third-order valence-electron chi connectivity index (χ3n) is 4.85. The standard InChI is InChI=1S/C18H25N3O3S/c1-25(23,24)21-13-8-16(9-14-21)18(22)19-10-4-11-20-12-7-15-5-2-3-6-17(15)20/h2-3,5-7,12,16H,4,8-11,13-14H2,1H3,(H,19,22). The Morgan fingerprint density at radius 1 is 1.20 bits per heavy atom. The number of carbonyl (C=O) groups is 1. The number of para-hydroxylation sites is 1. The van der Waals surface area contributed by atoms with E-state index in [0.717, 1.165) is 13.0 Å².